The maximum absolute atomic E-state index is 13.8. The molecule has 0 spiro atoms. The van der Waals surface area contributed by atoms with E-state index in [9.17, 15) is 23.5 Å². The lowest BCUT2D eigenvalue weighted by Gasteiger charge is -2.35. The van der Waals surface area contributed by atoms with Crippen LogP contribution in [0.4, 0.5) is 8.78 Å². The van der Waals surface area contributed by atoms with Crippen molar-refractivity contribution in [3.05, 3.63) is 64.5 Å². The Labute approximate surface area is 197 Å². The second-order valence-corrected chi connectivity index (χ2v) is 9.23. The number of fused-ring (bicyclic) bond motifs is 1. The molecule has 1 saturated carbocycles. The molecule has 182 valence electrons. The van der Waals surface area contributed by atoms with Crippen LogP contribution >= 0.6 is 0 Å². The van der Waals surface area contributed by atoms with Gasteiger partial charge in [-0.05, 0) is 81.0 Å². The number of carbonyl (C=O) groups is 2. The van der Waals surface area contributed by atoms with E-state index in [1.807, 2.05) is 0 Å². The van der Waals surface area contributed by atoms with Crippen LogP contribution in [0.25, 0.3) is 0 Å². The lowest BCUT2D eigenvalue weighted by molar-refractivity contribution is -0.140. The van der Waals surface area contributed by atoms with Gasteiger partial charge in [0, 0.05) is 24.4 Å². The van der Waals surface area contributed by atoms with Gasteiger partial charge in [-0.25, -0.2) is 13.6 Å². The molecule has 0 radical (unpaired) electrons. The van der Waals surface area contributed by atoms with E-state index in [0.717, 1.165) is 62.4 Å². The first kappa shape index (κ1) is 24.3. The highest BCUT2D eigenvalue weighted by Gasteiger charge is 2.30. The lowest BCUT2D eigenvalue weighted by atomic mass is 9.79. The van der Waals surface area contributed by atoms with E-state index in [-0.39, 0.29) is 19.1 Å². The molecule has 1 amide bonds. The van der Waals surface area contributed by atoms with Gasteiger partial charge < -0.3 is 15.2 Å². The van der Waals surface area contributed by atoms with Crippen LogP contribution in [0.3, 0.4) is 0 Å². The number of nitrogens with one attached hydrogen (secondary N) is 1. The second kappa shape index (κ2) is 11.0. The summed E-state index contributed by atoms with van der Waals surface area (Å²) >= 11 is 0. The molecule has 1 atom stereocenters. The number of aryl methyl sites for hydroxylation is 3. The van der Waals surface area contributed by atoms with E-state index in [0.29, 0.717) is 5.92 Å². The topological polar surface area (TPSA) is 88.5 Å². The van der Waals surface area contributed by atoms with Crippen molar-refractivity contribution in [3.8, 4) is 0 Å². The Hall–Kier alpha value is -2.87. The number of ether oxygens (including phenoxy) is 1. The molecule has 1 aromatic heterocycles. The number of carboxylic acids is 1. The minimum atomic E-state index is -1.29. The summed E-state index contributed by atoms with van der Waals surface area (Å²) in [5, 5.41) is 11.6. The zero-order valence-electron chi connectivity index (χ0n) is 19.1. The van der Waals surface area contributed by atoms with Crippen LogP contribution in [0.1, 0.15) is 65.8 Å². The molecule has 2 N–H and O–H groups in total. The van der Waals surface area contributed by atoms with Crippen molar-refractivity contribution in [1.82, 2.24) is 10.3 Å². The number of rotatable bonds is 10. The van der Waals surface area contributed by atoms with Gasteiger partial charge in [0.1, 0.15) is 23.2 Å². The third-order valence-corrected chi connectivity index (χ3v) is 6.79. The summed E-state index contributed by atoms with van der Waals surface area (Å²) in [6.45, 7) is 0.140. The molecule has 2 aliphatic rings. The summed E-state index contributed by atoms with van der Waals surface area (Å²) in [7, 11) is 0. The van der Waals surface area contributed by atoms with Gasteiger partial charge in [-0.1, -0.05) is 12.1 Å². The number of amides is 1. The predicted octanol–water partition coefficient (Wildman–Crippen LogP) is 4.24. The van der Waals surface area contributed by atoms with Crippen molar-refractivity contribution in [1.29, 1.82) is 0 Å². The molecule has 2 aromatic rings. The molecular formula is C26H30F2N2O4. The molecule has 1 aromatic carbocycles. The van der Waals surface area contributed by atoms with Crippen LogP contribution in [0.5, 0.6) is 0 Å². The Morgan fingerprint density at radius 1 is 1.12 bits per heavy atom. The molecule has 34 heavy (non-hydrogen) atoms. The van der Waals surface area contributed by atoms with E-state index in [1.165, 1.54) is 24.1 Å². The lowest BCUT2D eigenvalue weighted by Crippen LogP contribution is -2.42. The summed E-state index contributed by atoms with van der Waals surface area (Å²) in [5.74, 6) is -3.89. The summed E-state index contributed by atoms with van der Waals surface area (Å²) in [6, 6.07) is 6.11. The maximum atomic E-state index is 13.8. The molecular weight excluding hydrogens is 442 g/mol. The maximum Gasteiger partial charge on any atom is 0.326 e. The van der Waals surface area contributed by atoms with Crippen molar-refractivity contribution in [2.45, 2.75) is 69.9 Å². The van der Waals surface area contributed by atoms with E-state index in [1.54, 1.807) is 0 Å². The number of carboxylic acid groups (broad SMARTS) is 1. The van der Waals surface area contributed by atoms with Gasteiger partial charge >= 0.3 is 5.97 Å². The van der Waals surface area contributed by atoms with Gasteiger partial charge in [0.2, 0.25) is 0 Å². The highest BCUT2D eigenvalue weighted by atomic mass is 19.1. The first-order valence-corrected chi connectivity index (χ1v) is 12.0. The van der Waals surface area contributed by atoms with Crippen molar-refractivity contribution >= 4 is 11.9 Å². The van der Waals surface area contributed by atoms with Gasteiger partial charge in [0.25, 0.3) is 5.91 Å². The van der Waals surface area contributed by atoms with Crippen LogP contribution in [0.2, 0.25) is 0 Å². The first-order valence-electron chi connectivity index (χ1n) is 12.0. The van der Waals surface area contributed by atoms with Crippen LogP contribution in [-0.4, -0.2) is 40.7 Å². The average Bonchev–Trinajstić information content (AvgIpc) is 2.78. The molecule has 1 heterocycles. The molecule has 8 heteroatoms. The summed E-state index contributed by atoms with van der Waals surface area (Å²) in [5.41, 5.74) is 3.01. The third kappa shape index (κ3) is 5.97. The number of aliphatic carboxylic acids is 1. The molecule has 0 saturated heterocycles. The largest absolute Gasteiger partial charge is 0.480 e. The quantitative estimate of drug-likeness (QED) is 0.540. The Balaban J connectivity index is 1.17. The predicted molar refractivity (Wildman–Crippen MR) is 122 cm³/mol. The molecule has 2 aliphatic carbocycles. The molecule has 6 nitrogen and oxygen atoms in total. The Kier molecular flexibility index (Phi) is 7.88. The number of hydrogen-bond donors (Lipinski definition) is 2. The Morgan fingerprint density at radius 2 is 1.85 bits per heavy atom. The van der Waals surface area contributed by atoms with Gasteiger partial charge in [0.15, 0.2) is 0 Å². The standard InChI is InChI=1S/C26H30F2N2O4/c27-20-5-3-6-21(28)24(20)25(31)30-23(26(32)33)12-13-34-19-14-16(15-19)8-10-18-11-9-17-4-1-2-7-22(17)29-18/h3,5-6,9,11,16,19,23H,1-2,4,7-8,10,12-15H2,(H,30,31)(H,32,33). The fourth-order valence-electron chi connectivity index (χ4n) is 4.72. The molecule has 0 bridgehead atoms. The van der Waals surface area contributed by atoms with Crippen LogP contribution in [0, 0.1) is 17.6 Å². The molecule has 0 aliphatic heterocycles. The summed E-state index contributed by atoms with van der Waals surface area (Å²) in [4.78, 5) is 28.5. The Morgan fingerprint density at radius 3 is 2.59 bits per heavy atom. The van der Waals surface area contributed by atoms with Gasteiger partial charge in [-0.2, -0.15) is 0 Å². The summed E-state index contributed by atoms with van der Waals surface area (Å²) < 4.78 is 33.3. The van der Waals surface area contributed by atoms with Gasteiger partial charge in [0.05, 0.1) is 6.10 Å². The minimum Gasteiger partial charge on any atom is -0.480 e. The van der Waals surface area contributed by atoms with Crippen LogP contribution in [-0.2, 0) is 28.8 Å². The van der Waals surface area contributed by atoms with E-state index < -0.39 is 35.1 Å². The van der Waals surface area contributed by atoms with E-state index >= 15 is 0 Å². The number of benzene rings is 1. The Bertz CT molecular complexity index is 1020. The van der Waals surface area contributed by atoms with Crippen LogP contribution in [0.15, 0.2) is 30.3 Å². The van der Waals surface area contributed by atoms with Crippen molar-refractivity contribution in [2.24, 2.45) is 5.92 Å². The molecule has 1 unspecified atom stereocenters. The number of halogens is 2. The number of carbonyl (C=O) groups excluding carboxylic acids is 1. The third-order valence-electron chi connectivity index (χ3n) is 6.79. The highest BCUT2D eigenvalue weighted by molar-refractivity contribution is 5.97. The second-order valence-electron chi connectivity index (χ2n) is 9.23. The number of aromatic nitrogens is 1. The fraction of sp³-hybridized carbons (Fsp3) is 0.500. The average molecular weight is 473 g/mol. The minimum absolute atomic E-state index is 0.0113. The number of nitrogens with zero attached hydrogens (tertiary/aromatic N) is 1. The normalized spacial score (nSPS) is 20.2. The number of pyridine rings is 1. The first-order chi connectivity index (χ1) is 16.4. The zero-order chi connectivity index (χ0) is 24.1. The van der Waals surface area contributed by atoms with Crippen molar-refractivity contribution < 1.29 is 28.2 Å². The SMILES string of the molecule is O=C(NC(CCOC1CC(CCc2ccc3c(n2)CCCC3)C1)C(=O)O)c1c(F)cccc1F. The zero-order valence-corrected chi connectivity index (χ0v) is 19.1. The number of hydrogen-bond acceptors (Lipinski definition) is 4. The monoisotopic (exact) mass is 472 g/mol. The van der Waals surface area contributed by atoms with E-state index in [4.69, 9.17) is 9.72 Å². The van der Waals surface area contributed by atoms with Crippen molar-refractivity contribution in [3.63, 3.8) is 0 Å². The molecule has 4 rings (SSSR count). The van der Waals surface area contributed by atoms with Crippen molar-refractivity contribution in [2.75, 3.05) is 6.61 Å². The smallest absolute Gasteiger partial charge is 0.326 e. The van der Waals surface area contributed by atoms with Crippen LogP contribution < -0.4 is 5.32 Å². The van der Waals surface area contributed by atoms with Gasteiger partial charge in [-0.15, -0.1) is 0 Å². The molecule has 1 fully saturated rings. The van der Waals surface area contributed by atoms with E-state index in [2.05, 4.69) is 17.4 Å². The van der Waals surface area contributed by atoms with Gasteiger partial charge in [-0.3, -0.25) is 9.78 Å². The fourth-order valence-corrected chi connectivity index (χ4v) is 4.72. The highest BCUT2D eigenvalue weighted by Crippen LogP contribution is 2.34. The summed E-state index contributed by atoms with van der Waals surface area (Å²) in [6.07, 6.45) is 8.58.